The molecule has 1 N–H and O–H groups in total. The van der Waals surface area contributed by atoms with E-state index >= 15 is 0 Å². The fourth-order valence-corrected chi connectivity index (χ4v) is 4.56. The quantitative estimate of drug-likeness (QED) is 0.441. The molecule has 1 aliphatic heterocycles. The summed E-state index contributed by atoms with van der Waals surface area (Å²) in [7, 11) is 1.63. The van der Waals surface area contributed by atoms with Crippen LogP contribution < -0.4 is 4.74 Å². The summed E-state index contributed by atoms with van der Waals surface area (Å²) in [6.45, 7) is 1.31. The monoisotopic (exact) mass is 449 g/mol. The van der Waals surface area contributed by atoms with Crippen molar-refractivity contribution in [3.8, 4) is 5.75 Å². The SMILES string of the molecule is COc1ccc2[nH]cc(C(=O)N3CCC[C@H](c4ncc(Cc5ccccc5Cl)o4)C3)c2c1. The van der Waals surface area contributed by atoms with Crippen LogP contribution in [0.2, 0.25) is 5.02 Å². The van der Waals surface area contributed by atoms with Gasteiger partial charge in [-0.3, -0.25) is 4.79 Å². The number of piperidine rings is 1. The van der Waals surface area contributed by atoms with Crippen LogP contribution in [0.15, 0.2) is 59.3 Å². The van der Waals surface area contributed by atoms with Gasteiger partial charge in [0.15, 0.2) is 5.89 Å². The fourth-order valence-electron chi connectivity index (χ4n) is 4.36. The van der Waals surface area contributed by atoms with Gasteiger partial charge in [-0.25, -0.2) is 4.98 Å². The van der Waals surface area contributed by atoms with E-state index < -0.39 is 0 Å². The number of amides is 1. The fraction of sp³-hybridized carbons (Fsp3) is 0.280. The summed E-state index contributed by atoms with van der Waals surface area (Å²) in [4.78, 5) is 22.9. The number of aromatic amines is 1. The molecule has 4 aromatic rings. The van der Waals surface area contributed by atoms with Gasteiger partial charge in [0.25, 0.3) is 5.91 Å². The van der Waals surface area contributed by atoms with Crippen molar-refractivity contribution in [2.75, 3.05) is 20.2 Å². The zero-order valence-electron chi connectivity index (χ0n) is 17.8. The summed E-state index contributed by atoms with van der Waals surface area (Å²) in [5.74, 6) is 2.28. The van der Waals surface area contributed by atoms with Crippen LogP contribution in [0.25, 0.3) is 10.9 Å². The maximum Gasteiger partial charge on any atom is 0.256 e. The van der Waals surface area contributed by atoms with Crippen LogP contribution in [-0.2, 0) is 6.42 Å². The topological polar surface area (TPSA) is 71.4 Å². The molecule has 164 valence electrons. The molecule has 5 rings (SSSR count). The molecule has 1 aliphatic rings. The number of methoxy groups -OCH3 is 1. The molecular formula is C25H24ClN3O3. The maximum atomic E-state index is 13.3. The van der Waals surface area contributed by atoms with E-state index in [2.05, 4.69) is 9.97 Å². The van der Waals surface area contributed by atoms with Crippen LogP contribution in [0, 0.1) is 0 Å². The molecule has 1 atom stereocenters. The zero-order chi connectivity index (χ0) is 22.1. The van der Waals surface area contributed by atoms with E-state index in [1.165, 1.54) is 0 Å². The van der Waals surface area contributed by atoms with E-state index in [-0.39, 0.29) is 11.8 Å². The largest absolute Gasteiger partial charge is 0.497 e. The third kappa shape index (κ3) is 3.98. The molecule has 6 nitrogen and oxygen atoms in total. The number of carbonyl (C=O) groups excluding carboxylic acids is 1. The number of halogens is 1. The number of nitrogens with zero attached hydrogens (tertiary/aromatic N) is 2. The molecule has 0 unspecified atom stereocenters. The maximum absolute atomic E-state index is 13.3. The number of H-pyrrole nitrogens is 1. The van der Waals surface area contributed by atoms with Crippen molar-refractivity contribution in [1.29, 1.82) is 0 Å². The summed E-state index contributed by atoms with van der Waals surface area (Å²) in [5.41, 5.74) is 2.58. The minimum atomic E-state index is 0.0112. The lowest BCUT2D eigenvalue weighted by Crippen LogP contribution is -2.39. The Morgan fingerprint density at radius 3 is 3.03 bits per heavy atom. The van der Waals surface area contributed by atoms with Crippen molar-refractivity contribution in [1.82, 2.24) is 14.9 Å². The van der Waals surface area contributed by atoms with Gasteiger partial charge in [0.2, 0.25) is 0 Å². The molecule has 0 aliphatic carbocycles. The number of oxazole rings is 1. The van der Waals surface area contributed by atoms with Crippen molar-refractivity contribution in [2.45, 2.75) is 25.2 Å². The lowest BCUT2D eigenvalue weighted by molar-refractivity contribution is 0.0700. The molecule has 1 saturated heterocycles. The van der Waals surface area contributed by atoms with Crippen LogP contribution >= 0.6 is 11.6 Å². The van der Waals surface area contributed by atoms with E-state index in [0.29, 0.717) is 24.4 Å². The number of hydrogen-bond acceptors (Lipinski definition) is 4. The molecule has 3 heterocycles. The van der Waals surface area contributed by atoms with Crippen molar-refractivity contribution in [3.63, 3.8) is 0 Å². The number of hydrogen-bond donors (Lipinski definition) is 1. The highest BCUT2D eigenvalue weighted by molar-refractivity contribution is 6.31. The number of likely N-dealkylation sites (tertiary alicyclic amines) is 1. The predicted octanol–water partition coefficient (Wildman–Crippen LogP) is 5.43. The molecule has 0 spiro atoms. The van der Waals surface area contributed by atoms with Gasteiger partial charge in [-0.2, -0.15) is 0 Å². The van der Waals surface area contributed by atoms with Gasteiger partial charge in [0.05, 0.1) is 24.8 Å². The molecule has 2 aromatic carbocycles. The third-order valence-corrected chi connectivity index (χ3v) is 6.44. The Morgan fingerprint density at radius 1 is 1.31 bits per heavy atom. The van der Waals surface area contributed by atoms with Gasteiger partial charge in [-0.05, 0) is 42.7 Å². The van der Waals surface area contributed by atoms with Crippen molar-refractivity contribution >= 4 is 28.4 Å². The molecule has 0 bridgehead atoms. The minimum Gasteiger partial charge on any atom is -0.497 e. The first kappa shape index (κ1) is 20.6. The number of carbonyl (C=O) groups is 1. The van der Waals surface area contributed by atoms with Gasteiger partial charge in [0.1, 0.15) is 11.5 Å². The number of rotatable bonds is 5. The molecule has 1 amide bonds. The summed E-state index contributed by atoms with van der Waals surface area (Å²) in [6, 6.07) is 13.4. The summed E-state index contributed by atoms with van der Waals surface area (Å²) in [6.07, 6.45) is 6.00. The highest BCUT2D eigenvalue weighted by atomic mass is 35.5. The molecule has 7 heteroatoms. The number of aromatic nitrogens is 2. The van der Waals surface area contributed by atoms with Crippen LogP contribution in [0.4, 0.5) is 0 Å². The van der Waals surface area contributed by atoms with E-state index in [4.69, 9.17) is 20.8 Å². The smallest absolute Gasteiger partial charge is 0.256 e. The van der Waals surface area contributed by atoms with E-state index in [1.807, 2.05) is 47.4 Å². The Labute approximate surface area is 191 Å². The molecule has 2 aromatic heterocycles. The Balaban J connectivity index is 1.32. The van der Waals surface area contributed by atoms with Crippen molar-refractivity contribution < 1.29 is 13.9 Å². The predicted molar refractivity (Wildman–Crippen MR) is 123 cm³/mol. The first-order valence-corrected chi connectivity index (χ1v) is 11.1. The van der Waals surface area contributed by atoms with Crippen molar-refractivity contribution in [3.05, 3.63) is 82.7 Å². The minimum absolute atomic E-state index is 0.0112. The number of ether oxygens (including phenoxy) is 1. The third-order valence-electron chi connectivity index (χ3n) is 6.07. The lowest BCUT2D eigenvalue weighted by Gasteiger charge is -2.31. The van der Waals surface area contributed by atoms with E-state index in [0.717, 1.165) is 52.4 Å². The summed E-state index contributed by atoms with van der Waals surface area (Å²) in [5, 5.41) is 1.59. The molecule has 1 fully saturated rings. The van der Waals surface area contributed by atoms with Crippen molar-refractivity contribution in [2.24, 2.45) is 0 Å². The van der Waals surface area contributed by atoms with Gasteiger partial charge in [-0.15, -0.1) is 0 Å². The first-order valence-electron chi connectivity index (χ1n) is 10.7. The summed E-state index contributed by atoms with van der Waals surface area (Å²) < 4.78 is 11.4. The van der Waals surface area contributed by atoms with Crippen LogP contribution in [0.1, 0.15) is 46.3 Å². The highest BCUT2D eigenvalue weighted by Gasteiger charge is 2.29. The van der Waals surface area contributed by atoms with Gasteiger partial charge in [-0.1, -0.05) is 29.8 Å². The van der Waals surface area contributed by atoms with Gasteiger partial charge >= 0.3 is 0 Å². The average molecular weight is 450 g/mol. The average Bonchev–Trinajstić information content (AvgIpc) is 3.47. The number of benzene rings is 2. The molecule has 0 saturated carbocycles. The Hall–Kier alpha value is -3.25. The van der Waals surface area contributed by atoms with E-state index in [1.54, 1.807) is 19.5 Å². The van der Waals surface area contributed by atoms with Gasteiger partial charge < -0.3 is 19.0 Å². The Kier molecular flexibility index (Phi) is 5.62. The highest BCUT2D eigenvalue weighted by Crippen LogP contribution is 2.30. The van der Waals surface area contributed by atoms with Gasteiger partial charge in [0, 0.05) is 41.6 Å². The Bertz CT molecular complexity index is 1260. The molecule has 0 radical (unpaired) electrons. The second-order valence-corrected chi connectivity index (χ2v) is 8.54. The molecular weight excluding hydrogens is 426 g/mol. The standard InChI is InChI=1S/C25H24ClN3O3/c1-31-18-8-9-23-20(12-18)21(14-27-23)25(30)29-10-4-6-17(15-29)24-28-13-19(32-24)11-16-5-2-3-7-22(16)26/h2-3,5,7-9,12-14,17,27H,4,6,10-11,15H2,1H3/t17-/m0/s1. The summed E-state index contributed by atoms with van der Waals surface area (Å²) >= 11 is 6.28. The second kappa shape index (κ2) is 8.71. The number of fused-ring (bicyclic) bond motifs is 1. The lowest BCUT2D eigenvalue weighted by atomic mass is 9.97. The van der Waals surface area contributed by atoms with E-state index in [9.17, 15) is 4.79 Å². The van der Waals surface area contributed by atoms with Crippen LogP contribution in [0.3, 0.4) is 0 Å². The molecule has 32 heavy (non-hydrogen) atoms. The Morgan fingerprint density at radius 2 is 2.19 bits per heavy atom. The zero-order valence-corrected chi connectivity index (χ0v) is 18.6. The first-order chi connectivity index (χ1) is 15.6. The second-order valence-electron chi connectivity index (χ2n) is 8.14. The normalized spacial score (nSPS) is 16.4. The number of nitrogens with one attached hydrogen (secondary N) is 1. The van der Waals surface area contributed by atoms with Crippen LogP contribution in [0.5, 0.6) is 5.75 Å². The van der Waals surface area contributed by atoms with Crippen LogP contribution in [-0.4, -0.2) is 41.0 Å².